The van der Waals surface area contributed by atoms with Gasteiger partial charge in [-0.1, -0.05) is 11.3 Å². The van der Waals surface area contributed by atoms with E-state index < -0.39 is 0 Å². The molecule has 1 unspecified atom stereocenters. The van der Waals surface area contributed by atoms with E-state index in [0.717, 1.165) is 30.2 Å². The zero-order chi connectivity index (χ0) is 19.4. The molecule has 146 valence electrons. The maximum atomic E-state index is 13.9. The topological polar surface area (TPSA) is 31.4 Å². The summed E-state index contributed by atoms with van der Waals surface area (Å²) in [4.78, 5) is 9.40. The molecule has 0 radical (unpaired) electrons. The van der Waals surface area contributed by atoms with Gasteiger partial charge < -0.3 is 15.1 Å². The van der Waals surface area contributed by atoms with Gasteiger partial charge in [-0.25, -0.2) is 9.37 Å². The Hall–Kier alpha value is -2.34. The maximum Gasteiger partial charge on any atom is 0.183 e. The molecule has 0 amide bonds. The van der Waals surface area contributed by atoms with Crippen molar-refractivity contribution in [2.45, 2.75) is 32.7 Å². The minimum atomic E-state index is -0.00992. The Morgan fingerprint density at radius 2 is 2.14 bits per heavy atom. The normalized spacial score (nSPS) is 21.8. The fraction of sp³-hybridized carbons (Fsp3) is 0.409. The molecule has 28 heavy (non-hydrogen) atoms. The first-order valence-corrected chi connectivity index (χ1v) is 10.7. The Labute approximate surface area is 169 Å². The van der Waals surface area contributed by atoms with Gasteiger partial charge in [0.15, 0.2) is 5.13 Å². The van der Waals surface area contributed by atoms with Crippen LogP contribution in [-0.4, -0.2) is 36.1 Å². The van der Waals surface area contributed by atoms with E-state index in [1.165, 1.54) is 27.4 Å². The van der Waals surface area contributed by atoms with Crippen LogP contribution in [-0.2, 0) is 0 Å². The standard InChI is InChI=1S/C22H25FN4S/c1-13(2)24-22-25-18-6-5-15(11-21(18)28-22)27-9-8-20-17(12-27)16-10-14(23)4-7-19(16)26(20)3/h4-7,11,13,16H,8-10,12H2,1-3H3,(H,24,25). The van der Waals surface area contributed by atoms with E-state index in [1.54, 1.807) is 17.4 Å². The molecular formula is C22H25FN4S. The number of hydrogen-bond acceptors (Lipinski definition) is 5. The zero-order valence-electron chi connectivity index (χ0n) is 16.5. The molecule has 0 saturated carbocycles. The smallest absolute Gasteiger partial charge is 0.183 e. The van der Waals surface area contributed by atoms with Gasteiger partial charge in [0.25, 0.3) is 0 Å². The lowest BCUT2D eigenvalue weighted by Gasteiger charge is -2.32. The average Bonchev–Trinajstić information content (AvgIpc) is 3.18. The van der Waals surface area contributed by atoms with Crippen molar-refractivity contribution < 1.29 is 4.39 Å². The van der Waals surface area contributed by atoms with Crippen molar-refractivity contribution in [3.05, 3.63) is 53.1 Å². The highest BCUT2D eigenvalue weighted by Gasteiger charge is 2.38. The minimum Gasteiger partial charge on any atom is -0.367 e. The number of thiazole rings is 1. The van der Waals surface area contributed by atoms with Gasteiger partial charge in [0.2, 0.25) is 0 Å². The third-order valence-electron chi connectivity index (χ3n) is 5.90. The second-order valence-electron chi connectivity index (χ2n) is 8.13. The number of nitrogens with one attached hydrogen (secondary N) is 1. The molecule has 2 aromatic rings. The van der Waals surface area contributed by atoms with Gasteiger partial charge in [0.1, 0.15) is 5.83 Å². The first kappa shape index (κ1) is 17.7. The summed E-state index contributed by atoms with van der Waals surface area (Å²) in [5.41, 5.74) is 6.29. The summed E-state index contributed by atoms with van der Waals surface area (Å²) >= 11 is 1.71. The van der Waals surface area contributed by atoms with Crippen LogP contribution >= 0.6 is 11.3 Å². The number of rotatable bonds is 3. The van der Waals surface area contributed by atoms with Crippen molar-refractivity contribution in [1.82, 2.24) is 9.88 Å². The van der Waals surface area contributed by atoms with Crippen LogP contribution in [0.1, 0.15) is 26.7 Å². The molecule has 1 aromatic carbocycles. The van der Waals surface area contributed by atoms with Crippen molar-refractivity contribution in [1.29, 1.82) is 0 Å². The Balaban J connectivity index is 1.42. The van der Waals surface area contributed by atoms with E-state index in [4.69, 9.17) is 0 Å². The first-order chi connectivity index (χ1) is 13.5. The molecule has 1 atom stereocenters. The number of halogens is 1. The first-order valence-electron chi connectivity index (χ1n) is 9.93. The fourth-order valence-corrected chi connectivity index (χ4v) is 5.62. The summed E-state index contributed by atoms with van der Waals surface area (Å²) in [5.74, 6) is 0.186. The van der Waals surface area contributed by atoms with Crippen LogP contribution in [0.3, 0.4) is 0 Å². The number of anilines is 2. The van der Waals surface area contributed by atoms with E-state index >= 15 is 0 Å². The number of benzene rings is 1. The highest BCUT2D eigenvalue weighted by atomic mass is 32.1. The minimum absolute atomic E-state index is 0.00992. The Kier molecular flexibility index (Phi) is 4.19. The molecule has 0 spiro atoms. The lowest BCUT2D eigenvalue weighted by atomic mass is 9.89. The summed E-state index contributed by atoms with van der Waals surface area (Å²) in [6.07, 6.45) is 5.08. The summed E-state index contributed by atoms with van der Waals surface area (Å²) in [6.45, 7) is 6.11. The molecule has 0 saturated heterocycles. The predicted octanol–water partition coefficient (Wildman–Crippen LogP) is 5.28. The number of nitrogens with zero attached hydrogens (tertiary/aromatic N) is 3. The molecule has 4 nitrogen and oxygen atoms in total. The van der Waals surface area contributed by atoms with Crippen molar-refractivity contribution >= 4 is 32.4 Å². The van der Waals surface area contributed by atoms with Crippen molar-refractivity contribution in [2.24, 2.45) is 5.92 Å². The van der Waals surface area contributed by atoms with Crippen LogP contribution in [0.15, 0.2) is 53.1 Å². The molecular weight excluding hydrogens is 371 g/mol. The number of fused-ring (bicyclic) bond motifs is 3. The van der Waals surface area contributed by atoms with Gasteiger partial charge in [0.05, 0.1) is 10.2 Å². The van der Waals surface area contributed by atoms with Gasteiger partial charge in [0, 0.05) is 62.0 Å². The second-order valence-corrected chi connectivity index (χ2v) is 9.17. The molecule has 2 aliphatic heterocycles. The largest absolute Gasteiger partial charge is 0.367 e. The summed E-state index contributed by atoms with van der Waals surface area (Å²) < 4.78 is 15.1. The number of allylic oxidation sites excluding steroid dienone is 4. The molecule has 1 aliphatic carbocycles. The van der Waals surface area contributed by atoms with Crippen molar-refractivity contribution in [3.8, 4) is 0 Å². The van der Waals surface area contributed by atoms with E-state index in [-0.39, 0.29) is 11.7 Å². The fourth-order valence-electron chi connectivity index (χ4n) is 4.57. The van der Waals surface area contributed by atoms with E-state index in [1.807, 2.05) is 6.08 Å². The Bertz CT molecular complexity index is 1030. The molecule has 6 heteroatoms. The molecule has 3 heterocycles. The van der Waals surface area contributed by atoms with Crippen LogP contribution in [0.5, 0.6) is 0 Å². The molecule has 0 fully saturated rings. The number of aromatic nitrogens is 1. The predicted molar refractivity (Wildman–Crippen MR) is 115 cm³/mol. The quantitative estimate of drug-likeness (QED) is 0.764. The molecule has 1 aromatic heterocycles. The lowest BCUT2D eigenvalue weighted by molar-refractivity contribution is 0.462. The second kappa shape index (κ2) is 6.62. The maximum absolute atomic E-state index is 13.9. The van der Waals surface area contributed by atoms with Gasteiger partial charge in [-0.3, -0.25) is 0 Å². The third-order valence-corrected chi connectivity index (χ3v) is 6.85. The third kappa shape index (κ3) is 2.91. The van der Waals surface area contributed by atoms with E-state index in [9.17, 15) is 4.39 Å². The Morgan fingerprint density at radius 1 is 1.29 bits per heavy atom. The van der Waals surface area contributed by atoms with Crippen LogP contribution in [0, 0.1) is 5.92 Å². The zero-order valence-corrected chi connectivity index (χ0v) is 17.3. The number of hydrogen-bond donors (Lipinski definition) is 1. The van der Waals surface area contributed by atoms with Gasteiger partial charge >= 0.3 is 0 Å². The van der Waals surface area contributed by atoms with Crippen molar-refractivity contribution in [3.63, 3.8) is 0 Å². The highest BCUT2D eigenvalue weighted by molar-refractivity contribution is 7.22. The van der Waals surface area contributed by atoms with Crippen LogP contribution in [0.4, 0.5) is 15.2 Å². The van der Waals surface area contributed by atoms with Gasteiger partial charge in [-0.05, 0) is 49.8 Å². The molecule has 0 bridgehead atoms. The average molecular weight is 397 g/mol. The Morgan fingerprint density at radius 3 is 2.96 bits per heavy atom. The van der Waals surface area contributed by atoms with Crippen LogP contribution in [0.25, 0.3) is 10.2 Å². The van der Waals surface area contributed by atoms with E-state index in [2.05, 4.69) is 59.2 Å². The van der Waals surface area contributed by atoms with Gasteiger partial charge in [-0.2, -0.15) is 0 Å². The summed E-state index contributed by atoms with van der Waals surface area (Å²) in [7, 11) is 2.13. The van der Waals surface area contributed by atoms with Crippen LogP contribution < -0.4 is 10.2 Å². The van der Waals surface area contributed by atoms with Gasteiger partial charge in [-0.15, -0.1) is 0 Å². The summed E-state index contributed by atoms with van der Waals surface area (Å²) in [5, 5.41) is 4.37. The SMILES string of the molecule is CC(C)Nc1nc2ccc(N3CCC4=C(C3)C3CC(F)=CC=C3N4C)cc2s1. The highest BCUT2D eigenvalue weighted by Crippen LogP contribution is 2.45. The van der Waals surface area contributed by atoms with Crippen molar-refractivity contribution in [2.75, 3.05) is 30.4 Å². The van der Waals surface area contributed by atoms with Crippen LogP contribution in [0.2, 0.25) is 0 Å². The lowest BCUT2D eigenvalue weighted by Crippen LogP contribution is -2.33. The van der Waals surface area contributed by atoms with E-state index in [0.29, 0.717) is 12.5 Å². The molecule has 1 N–H and O–H groups in total. The summed E-state index contributed by atoms with van der Waals surface area (Å²) in [6, 6.07) is 6.91. The molecule has 3 aliphatic rings. The monoisotopic (exact) mass is 396 g/mol. The molecule has 5 rings (SSSR count).